The monoisotopic (exact) mass is 325 g/mol. The Bertz CT molecular complexity index is 777. The SMILES string of the molecule is Cc1cc(C)cc(NC(=S)NN2C(=O)c3ccccc3C2=O)c1. The van der Waals surface area contributed by atoms with Gasteiger partial charge < -0.3 is 5.32 Å². The summed E-state index contributed by atoms with van der Waals surface area (Å²) in [6.07, 6.45) is 0. The summed E-state index contributed by atoms with van der Waals surface area (Å²) in [4.78, 5) is 24.5. The molecule has 2 N–H and O–H groups in total. The molecular formula is C17H15N3O2S. The van der Waals surface area contributed by atoms with Crippen LogP contribution in [0.3, 0.4) is 0 Å². The Balaban J connectivity index is 1.74. The number of hydrogen-bond donors (Lipinski definition) is 2. The molecule has 0 aliphatic carbocycles. The van der Waals surface area contributed by atoms with Gasteiger partial charge in [-0.1, -0.05) is 18.2 Å². The predicted molar refractivity (Wildman–Crippen MR) is 92.2 cm³/mol. The van der Waals surface area contributed by atoms with E-state index in [9.17, 15) is 9.59 Å². The van der Waals surface area contributed by atoms with Crippen molar-refractivity contribution in [3.05, 3.63) is 64.7 Å². The third kappa shape index (κ3) is 2.93. The van der Waals surface area contributed by atoms with E-state index in [2.05, 4.69) is 10.7 Å². The Morgan fingerprint density at radius 1 is 0.957 bits per heavy atom. The van der Waals surface area contributed by atoms with Gasteiger partial charge in [0, 0.05) is 5.69 Å². The van der Waals surface area contributed by atoms with Gasteiger partial charge in [-0.05, 0) is 61.5 Å². The Hall–Kier alpha value is -2.73. The number of amides is 2. The van der Waals surface area contributed by atoms with Crippen LogP contribution in [0.1, 0.15) is 31.8 Å². The van der Waals surface area contributed by atoms with Crippen LogP contribution in [0, 0.1) is 13.8 Å². The van der Waals surface area contributed by atoms with E-state index in [0.29, 0.717) is 11.1 Å². The largest absolute Gasteiger partial charge is 0.331 e. The normalized spacial score (nSPS) is 13.0. The van der Waals surface area contributed by atoms with Crippen LogP contribution in [0.15, 0.2) is 42.5 Å². The number of aryl methyl sites for hydroxylation is 2. The average Bonchev–Trinajstić information content (AvgIpc) is 2.72. The van der Waals surface area contributed by atoms with E-state index in [0.717, 1.165) is 21.8 Å². The molecule has 0 bridgehead atoms. The molecule has 5 nitrogen and oxygen atoms in total. The zero-order valence-corrected chi connectivity index (χ0v) is 13.5. The van der Waals surface area contributed by atoms with Gasteiger partial charge in [0.25, 0.3) is 11.8 Å². The molecule has 2 aromatic carbocycles. The predicted octanol–water partition coefficient (Wildman–Crippen LogP) is 2.80. The van der Waals surface area contributed by atoms with Gasteiger partial charge in [0.05, 0.1) is 11.1 Å². The highest BCUT2D eigenvalue weighted by atomic mass is 32.1. The maximum absolute atomic E-state index is 12.3. The van der Waals surface area contributed by atoms with Crippen molar-refractivity contribution in [3.63, 3.8) is 0 Å². The highest BCUT2D eigenvalue weighted by Crippen LogP contribution is 2.21. The molecule has 0 fully saturated rings. The number of hydrogen-bond acceptors (Lipinski definition) is 3. The summed E-state index contributed by atoms with van der Waals surface area (Å²) in [6.45, 7) is 3.97. The maximum atomic E-state index is 12.3. The molecule has 0 saturated carbocycles. The molecule has 2 aromatic rings. The molecule has 2 amide bonds. The first-order chi connectivity index (χ1) is 11.0. The van der Waals surface area contributed by atoms with Crippen LogP contribution in [-0.4, -0.2) is 21.9 Å². The van der Waals surface area contributed by atoms with Gasteiger partial charge in [-0.2, -0.15) is 5.01 Å². The highest BCUT2D eigenvalue weighted by molar-refractivity contribution is 7.80. The van der Waals surface area contributed by atoms with E-state index in [1.807, 2.05) is 32.0 Å². The van der Waals surface area contributed by atoms with Crippen LogP contribution >= 0.6 is 12.2 Å². The fourth-order valence-corrected chi connectivity index (χ4v) is 2.81. The minimum Gasteiger partial charge on any atom is -0.331 e. The van der Waals surface area contributed by atoms with Crippen molar-refractivity contribution in [1.82, 2.24) is 10.4 Å². The number of carbonyl (C=O) groups excluding carboxylic acids is 2. The summed E-state index contributed by atoms with van der Waals surface area (Å²) in [5.41, 5.74) is 6.41. The molecule has 0 unspecified atom stereocenters. The zero-order valence-electron chi connectivity index (χ0n) is 12.7. The maximum Gasteiger partial charge on any atom is 0.280 e. The van der Waals surface area contributed by atoms with E-state index in [1.54, 1.807) is 24.3 Å². The number of thiocarbonyl (C=S) groups is 1. The molecule has 0 atom stereocenters. The fourth-order valence-electron chi connectivity index (χ4n) is 2.60. The first-order valence-electron chi connectivity index (χ1n) is 7.09. The van der Waals surface area contributed by atoms with Crippen molar-refractivity contribution in [2.24, 2.45) is 0 Å². The fraction of sp³-hybridized carbons (Fsp3) is 0.118. The van der Waals surface area contributed by atoms with Crippen molar-refractivity contribution >= 4 is 34.8 Å². The minimum atomic E-state index is -0.407. The summed E-state index contributed by atoms with van der Waals surface area (Å²) < 4.78 is 0. The third-order valence-corrected chi connectivity index (χ3v) is 3.68. The Morgan fingerprint density at radius 3 is 2.00 bits per heavy atom. The quantitative estimate of drug-likeness (QED) is 0.657. The van der Waals surface area contributed by atoms with Crippen LogP contribution in [0.4, 0.5) is 5.69 Å². The molecule has 1 heterocycles. The molecule has 0 saturated heterocycles. The van der Waals surface area contributed by atoms with Crippen molar-refractivity contribution in [3.8, 4) is 0 Å². The standard InChI is InChI=1S/C17H15N3O2S/c1-10-7-11(2)9-12(8-10)18-17(23)19-20-15(21)13-5-3-4-6-14(13)16(20)22/h3-9H,1-2H3,(H2,18,19,23). The molecule has 6 heteroatoms. The summed E-state index contributed by atoms with van der Waals surface area (Å²) in [5, 5.41) is 4.11. The first kappa shape index (κ1) is 15.2. The summed E-state index contributed by atoms with van der Waals surface area (Å²) in [7, 11) is 0. The number of fused-ring (bicyclic) bond motifs is 1. The van der Waals surface area contributed by atoms with E-state index in [-0.39, 0.29) is 5.11 Å². The Morgan fingerprint density at radius 2 is 1.48 bits per heavy atom. The summed E-state index contributed by atoms with van der Waals surface area (Å²) >= 11 is 5.21. The van der Waals surface area contributed by atoms with E-state index < -0.39 is 11.8 Å². The van der Waals surface area contributed by atoms with Crippen LogP contribution in [-0.2, 0) is 0 Å². The van der Waals surface area contributed by atoms with Crippen molar-refractivity contribution < 1.29 is 9.59 Å². The van der Waals surface area contributed by atoms with Crippen molar-refractivity contribution in [1.29, 1.82) is 0 Å². The first-order valence-corrected chi connectivity index (χ1v) is 7.50. The summed E-state index contributed by atoms with van der Waals surface area (Å²) in [6, 6.07) is 12.6. The van der Waals surface area contributed by atoms with E-state index >= 15 is 0 Å². The van der Waals surface area contributed by atoms with Crippen LogP contribution < -0.4 is 10.7 Å². The smallest absolute Gasteiger partial charge is 0.280 e. The number of carbonyl (C=O) groups is 2. The number of anilines is 1. The van der Waals surface area contributed by atoms with Crippen molar-refractivity contribution in [2.45, 2.75) is 13.8 Å². The number of nitrogens with one attached hydrogen (secondary N) is 2. The molecule has 0 spiro atoms. The van der Waals surface area contributed by atoms with Gasteiger partial charge >= 0.3 is 0 Å². The highest BCUT2D eigenvalue weighted by Gasteiger charge is 2.35. The lowest BCUT2D eigenvalue weighted by Crippen LogP contribution is -2.47. The zero-order chi connectivity index (χ0) is 16.6. The number of imide groups is 1. The number of nitrogens with zero attached hydrogens (tertiary/aromatic N) is 1. The lowest BCUT2D eigenvalue weighted by Gasteiger charge is -2.18. The Labute approximate surface area is 139 Å². The lowest BCUT2D eigenvalue weighted by atomic mass is 10.1. The van der Waals surface area contributed by atoms with E-state index in [4.69, 9.17) is 12.2 Å². The van der Waals surface area contributed by atoms with Gasteiger partial charge in [-0.3, -0.25) is 15.0 Å². The summed E-state index contributed by atoms with van der Waals surface area (Å²) in [5.74, 6) is -0.814. The molecule has 1 aliphatic heterocycles. The number of hydrazine groups is 1. The van der Waals surface area contributed by atoms with Gasteiger partial charge in [-0.15, -0.1) is 0 Å². The third-order valence-electron chi connectivity index (χ3n) is 3.49. The lowest BCUT2D eigenvalue weighted by molar-refractivity contribution is 0.0613. The second-order valence-electron chi connectivity index (χ2n) is 5.43. The molecule has 0 aromatic heterocycles. The molecule has 1 aliphatic rings. The van der Waals surface area contributed by atoms with Gasteiger partial charge in [-0.25, -0.2) is 0 Å². The van der Waals surface area contributed by atoms with Crippen LogP contribution in [0.25, 0.3) is 0 Å². The topological polar surface area (TPSA) is 61.4 Å². The van der Waals surface area contributed by atoms with E-state index in [1.165, 1.54) is 0 Å². The average molecular weight is 325 g/mol. The molecular weight excluding hydrogens is 310 g/mol. The van der Waals surface area contributed by atoms with Crippen LogP contribution in [0.2, 0.25) is 0 Å². The second kappa shape index (κ2) is 5.81. The van der Waals surface area contributed by atoms with Gasteiger partial charge in [0.15, 0.2) is 5.11 Å². The molecule has 0 radical (unpaired) electrons. The molecule has 23 heavy (non-hydrogen) atoms. The van der Waals surface area contributed by atoms with Gasteiger partial charge in [0.2, 0.25) is 0 Å². The number of benzene rings is 2. The molecule has 116 valence electrons. The van der Waals surface area contributed by atoms with Crippen LogP contribution in [0.5, 0.6) is 0 Å². The number of rotatable bonds is 2. The van der Waals surface area contributed by atoms with Crippen molar-refractivity contribution in [2.75, 3.05) is 5.32 Å². The Kier molecular flexibility index (Phi) is 3.83. The van der Waals surface area contributed by atoms with Gasteiger partial charge in [0.1, 0.15) is 0 Å². The second-order valence-corrected chi connectivity index (χ2v) is 5.84. The molecule has 3 rings (SSSR count). The minimum absolute atomic E-state index is 0.185.